The molecule has 0 radical (unpaired) electrons. The van der Waals surface area contributed by atoms with Gasteiger partial charge in [-0.05, 0) is 47.3 Å². The third kappa shape index (κ3) is 2.77. The molecule has 0 saturated carbocycles. The predicted octanol–water partition coefficient (Wildman–Crippen LogP) is 4.33. The van der Waals surface area contributed by atoms with Gasteiger partial charge in [0.25, 0.3) is 0 Å². The molecule has 1 heterocycles. The quantitative estimate of drug-likeness (QED) is 0.874. The summed E-state index contributed by atoms with van der Waals surface area (Å²) in [6.07, 6.45) is 5.26. The fraction of sp³-hybridized carbons (Fsp3) is 0.400. The van der Waals surface area contributed by atoms with Crippen molar-refractivity contribution in [2.24, 2.45) is 7.05 Å². The Labute approximate surface area is 137 Å². The van der Waals surface area contributed by atoms with Gasteiger partial charge in [0.1, 0.15) is 0 Å². The number of hydrogen-bond acceptors (Lipinski definition) is 3. The minimum absolute atomic E-state index is 0.238. The smallest absolute Gasteiger partial charge is 0.156 e. The summed E-state index contributed by atoms with van der Waals surface area (Å²) >= 11 is 9.65. The maximum absolute atomic E-state index is 6.16. The summed E-state index contributed by atoms with van der Waals surface area (Å²) in [5.74, 6) is 0.774. The van der Waals surface area contributed by atoms with Gasteiger partial charge in [0, 0.05) is 23.3 Å². The van der Waals surface area contributed by atoms with Crippen LogP contribution in [0.3, 0.4) is 0 Å². The predicted molar refractivity (Wildman–Crippen MR) is 88.2 cm³/mol. The molecule has 21 heavy (non-hydrogen) atoms. The summed E-state index contributed by atoms with van der Waals surface area (Å²) in [6, 6.07) is 3.97. The van der Waals surface area contributed by atoms with Crippen LogP contribution in [0.25, 0.3) is 0 Å². The number of anilines is 1. The summed E-state index contributed by atoms with van der Waals surface area (Å²) < 4.78 is 8.29. The molecule has 0 fully saturated rings. The molecule has 1 unspecified atom stereocenters. The van der Waals surface area contributed by atoms with Crippen LogP contribution in [-0.4, -0.2) is 16.9 Å². The molecule has 4 nitrogen and oxygen atoms in total. The van der Waals surface area contributed by atoms with Gasteiger partial charge in [0.05, 0.1) is 29.5 Å². The van der Waals surface area contributed by atoms with Crippen molar-refractivity contribution < 1.29 is 4.74 Å². The maximum atomic E-state index is 6.16. The van der Waals surface area contributed by atoms with Gasteiger partial charge in [-0.2, -0.15) is 5.10 Å². The number of hydrogen-bond donors (Lipinski definition) is 1. The molecular formula is C15H17BrClN3O. The number of rotatable bonds is 3. The van der Waals surface area contributed by atoms with E-state index in [1.807, 2.05) is 30.1 Å². The summed E-state index contributed by atoms with van der Waals surface area (Å²) in [4.78, 5) is 0. The third-order valence-corrected chi connectivity index (χ3v) is 4.73. The fourth-order valence-electron chi connectivity index (χ4n) is 2.92. The van der Waals surface area contributed by atoms with E-state index in [0.717, 1.165) is 35.2 Å². The summed E-state index contributed by atoms with van der Waals surface area (Å²) in [5, 5.41) is 8.61. The number of ether oxygens (including phenoxy) is 1. The van der Waals surface area contributed by atoms with Crippen LogP contribution in [0.4, 0.5) is 5.69 Å². The first-order valence-electron chi connectivity index (χ1n) is 6.90. The Hall–Kier alpha value is -1.20. The van der Waals surface area contributed by atoms with Gasteiger partial charge in [-0.15, -0.1) is 0 Å². The van der Waals surface area contributed by atoms with E-state index in [9.17, 15) is 0 Å². The molecule has 112 valence electrons. The zero-order valence-corrected chi connectivity index (χ0v) is 14.3. The zero-order valence-electron chi connectivity index (χ0n) is 12.0. The van der Waals surface area contributed by atoms with Crippen LogP contribution in [0.2, 0.25) is 5.02 Å². The molecule has 3 rings (SSSR count). The van der Waals surface area contributed by atoms with E-state index >= 15 is 0 Å². The Balaban J connectivity index is 1.95. The van der Waals surface area contributed by atoms with Gasteiger partial charge < -0.3 is 10.1 Å². The first-order chi connectivity index (χ1) is 10.1. The third-order valence-electron chi connectivity index (χ3n) is 3.92. The molecule has 2 aromatic rings. The Morgan fingerprint density at radius 2 is 2.29 bits per heavy atom. The molecular weight excluding hydrogens is 354 g/mol. The lowest BCUT2D eigenvalue weighted by molar-refractivity contribution is 0.413. The van der Waals surface area contributed by atoms with Crippen molar-refractivity contribution in [3.8, 4) is 5.75 Å². The fourth-order valence-corrected chi connectivity index (χ4v) is 3.89. The highest BCUT2D eigenvalue weighted by Gasteiger charge is 2.24. The largest absolute Gasteiger partial charge is 0.493 e. The second-order valence-corrected chi connectivity index (χ2v) is 6.52. The lowest BCUT2D eigenvalue weighted by atomic mass is 9.93. The van der Waals surface area contributed by atoms with Gasteiger partial charge in [0.15, 0.2) is 5.75 Å². The van der Waals surface area contributed by atoms with Crippen LogP contribution in [0.1, 0.15) is 30.1 Å². The van der Waals surface area contributed by atoms with E-state index < -0.39 is 0 Å². The number of fused-ring (bicyclic) bond motifs is 1. The van der Waals surface area contributed by atoms with Crippen molar-refractivity contribution in [2.75, 3.05) is 12.4 Å². The van der Waals surface area contributed by atoms with Crippen molar-refractivity contribution in [1.82, 2.24) is 9.78 Å². The summed E-state index contributed by atoms with van der Waals surface area (Å²) in [7, 11) is 3.66. The van der Waals surface area contributed by atoms with E-state index in [0.29, 0.717) is 5.02 Å². The van der Waals surface area contributed by atoms with Crippen LogP contribution in [0, 0.1) is 0 Å². The molecule has 1 aromatic carbocycles. The SMILES string of the molecule is COc1c(Br)cc(Cl)cc1NC1CCCc2c1cnn2C. The van der Waals surface area contributed by atoms with E-state index in [2.05, 4.69) is 26.3 Å². The Morgan fingerprint density at radius 3 is 3.05 bits per heavy atom. The number of aryl methyl sites for hydroxylation is 1. The lowest BCUT2D eigenvalue weighted by Gasteiger charge is -2.26. The standard InChI is InChI=1S/C15H17BrClN3O/c1-20-14-5-3-4-12(10(14)8-18-20)19-13-7-9(17)6-11(16)15(13)21-2/h6-8,12,19H,3-5H2,1-2H3. The van der Waals surface area contributed by atoms with E-state index in [1.165, 1.54) is 11.3 Å². The first kappa shape index (κ1) is 14.7. The van der Waals surface area contributed by atoms with Gasteiger partial charge in [-0.3, -0.25) is 4.68 Å². The minimum Gasteiger partial charge on any atom is -0.493 e. The molecule has 0 saturated heterocycles. The number of benzene rings is 1. The molecule has 0 spiro atoms. The molecule has 1 aliphatic carbocycles. The average molecular weight is 371 g/mol. The molecule has 6 heteroatoms. The van der Waals surface area contributed by atoms with Gasteiger partial charge in [-0.1, -0.05) is 11.6 Å². The van der Waals surface area contributed by atoms with Crippen molar-refractivity contribution in [3.63, 3.8) is 0 Å². The molecule has 0 amide bonds. The van der Waals surface area contributed by atoms with Crippen molar-refractivity contribution >= 4 is 33.2 Å². The molecule has 1 atom stereocenters. The van der Waals surface area contributed by atoms with Crippen molar-refractivity contribution in [2.45, 2.75) is 25.3 Å². The van der Waals surface area contributed by atoms with Crippen LogP contribution < -0.4 is 10.1 Å². The van der Waals surface area contributed by atoms with Crippen LogP contribution in [0.15, 0.2) is 22.8 Å². The highest BCUT2D eigenvalue weighted by Crippen LogP contribution is 2.40. The van der Waals surface area contributed by atoms with Crippen LogP contribution in [0.5, 0.6) is 5.75 Å². The maximum Gasteiger partial charge on any atom is 0.156 e. The van der Waals surface area contributed by atoms with E-state index in [1.54, 1.807) is 7.11 Å². The normalized spacial score (nSPS) is 17.4. The highest BCUT2D eigenvalue weighted by atomic mass is 79.9. The monoisotopic (exact) mass is 369 g/mol. The Kier molecular flexibility index (Phi) is 4.13. The second-order valence-electron chi connectivity index (χ2n) is 5.23. The number of aromatic nitrogens is 2. The topological polar surface area (TPSA) is 39.1 Å². The number of halogens is 2. The lowest BCUT2D eigenvalue weighted by Crippen LogP contribution is -2.18. The van der Waals surface area contributed by atoms with Gasteiger partial charge >= 0.3 is 0 Å². The zero-order chi connectivity index (χ0) is 15.0. The number of methoxy groups -OCH3 is 1. The van der Waals surface area contributed by atoms with Crippen molar-refractivity contribution in [3.05, 3.63) is 39.1 Å². The van der Waals surface area contributed by atoms with E-state index in [-0.39, 0.29) is 6.04 Å². The summed E-state index contributed by atoms with van der Waals surface area (Å²) in [6.45, 7) is 0. The van der Waals surface area contributed by atoms with Crippen LogP contribution >= 0.6 is 27.5 Å². The first-order valence-corrected chi connectivity index (χ1v) is 8.07. The second kappa shape index (κ2) is 5.89. The number of nitrogens with one attached hydrogen (secondary N) is 1. The number of nitrogens with zero attached hydrogens (tertiary/aromatic N) is 2. The summed E-state index contributed by atoms with van der Waals surface area (Å²) in [5.41, 5.74) is 3.47. The molecule has 1 aliphatic rings. The van der Waals surface area contributed by atoms with Crippen LogP contribution in [-0.2, 0) is 13.5 Å². The Morgan fingerprint density at radius 1 is 1.48 bits per heavy atom. The van der Waals surface area contributed by atoms with Crippen molar-refractivity contribution in [1.29, 1.82) is 0 Å². The molecule has 1 aromatic heterocycles. The molecule has 0 bridgehead atoms. The molecule has 1 N–H and O–H groups in total. The highest BCUT2D eigenvalue weighted by molar-refractivity contribution is 9.10. The average Bonchev–Trinajstić information content (AvgIpc) is 2.81. The van der Waals surface area contributed by atoms with E-state index in [4.69, 9.17) is 16.3 Å². The van der Waals surface area contributed by atoms with Gasteiger partial charge in [-0.25, -0.2) is 0 Å². The Bertz CT molecular complexity index is 671. The minimum atomic E-state index is 0.238. The van der Waals surface area contributed by atoms with Gasteiger partial charge in [0.2, 0.25) is 0 Å². The molecule has 0 aliphatic heterocycles.